The summed E-state index contributed by atoms with van der Waals surface area (Å²) >= 11 is 0. The largest absolute Gasteiger partial charge is 0.459 e. The van der Waals surface area contributed by atoms with Crippen molar-refractivity contribution in [1.82, 2.24) is 9.88 Å². The highest BCUT2D eigenvalue weighted by molar-refractivity contribution is 6.00. The van der Waals surface area contributed by atoms with E-state index in [1.165, 1.54) is 13.8 Å². The van der Waals surface area contributed by atoms with Gasteiger partial charge in [-0.15, -0.1) is 0 Å². The molecule has 0 aliphatic carbocycles. The molecule has 14 nitrogen and oxygen atoms in total. The summed E-state index contributed by atoms with van der Waals surface area (Å²) < 4.78 is 32.7. The molecule has 2 bridgehead atoms. The number of cyclic esters (lactones) is 1. The number of Topliss-reactive ketones (excluding diaryl/α,β-unsaturated/α-hetero) is 1. The van der Waals surface area contributed by atoms with E-state index in [0.717, 1.165) is 16.5 Å². The van der Waals surface area contributed by atoms with E-state index in [0.29, 0.717) is 17.7 Å². The fourth-order valence-corrected chi connectivity index (χ4v) is 9.04. The molecule has 0 spiro atoms. The summed E-state index contributed by atoms with van der Waals surface area (Å²) in [5.74, 6) is -5.16. The highest BCUT2D eigenvalue weighted by atomic mass is 16.7. The second-order valence-electron chi connectivity index (χ2n) is 17.4. The van der Waals surface area contributed by atoms with Crippen molar-refractivity contribution in [2.75, 3.05) is 27.3 Å². The number of aliphatic hydroxyl groups excluding tert-OH is 1. The third-order valence-electron chi connectivity index (χ3n) is 12.3. The Bertz CT molecular complexity index is 1910. The van der Waals surface area contributed by atoms with Crippen LogP contribution in [0.15, 0.2) is 58.3 Å². The number of para-hydroxylation sites is 1. The Kier molecular flexibility index (Phi) is 15.2. The number of fused-ring (bicyclic) bond motifs is 6. The van der Waals surface area contributed by atoms with Gasteiger partial charge in [-0.25, -0.2) is 4.99 Å². The Morgan fingerprint density at radius 3 is 2.47 bits per heavy atom. The summed E-state index contributed by atoms with van der Waals surface area (Å²) in [4.78, 5) is 56.9. The first-order chi connectivity index (χ1) is 27.8. The first-order valence-corrected chi connectivity index (χ1v) is 20.8. The van der Waals surface area contributed by atoms with Gasteiger partial charge in [0.2, 0.25) is 5.91 Å². The van der Waals surface area contributed by atoms with Crippen LogP contribution in [0.2, 0.25) is 0 Å². The minimum atomic E-state index is -1.82. The van der Waals surface area contributed by atoms with E-state index in [2.05, 4.69) is 15.0 Å². The molecule has 5 unspecified atom stereocenters. The van der Waals surface area contributed by atoms with Gasteiger partial charge in [0.15, 0.2) is 12.1 Å². The summed E-state index contributed by atoms with van der Waals surface area (Å²) in [6, 6.07) is 9.46. The lowest BCUT2D eigenvalue weighted by Gasteiger charge is -2.47. The van der Waals surface area contributed by atoms with Crippen molar-refractivity contribution in [2.24, 2.45) is 33.7 Å². The Hall–Kier alpha value is -3.76. The average Bonchev–Trinajstić information content (AvgIpc) is 3.20. The number of aromatic nitrogens is 1. The zero-order chi connectivity index (χ0) is 43.4. The summed E-state index contributed by atoms with van der Waals surface area (Å²) in [6.45, 7) is 15.2. The molecular formula is C45H64N4O10. The van der Waals surface area contributed by atoms with Gasteiger partial charge in [0, 0.05) is 60.1 Å². The zero-order valence-corrected chi connectivity index (χ0v) is 36.5. The number of nitrogens with zero attached hydrogens (tertiary/aromatic N) is 4. The number of hydrogen-bond acceptors (Lipinski definition) is 13. The molecule has 13 atom stereocenters. The number of aliphatic hydroxyl groups is 2. The molecule has 3 aliphatic heterocycles. The molecule has 1 aromatic heterocycles. The Balaban J connectivity index is 1.70. The predicted octanol–water partition coefficient (Wildman–Crippen LogP) is 5.10. The first-order valence-electron chi connectivity index (χ1n) is 20.8. The van der Waals surface area contributed by atoms with Crippen molar-refractivity contribution < 1.29 is 48.3 Å². The normalized spacial score (nSPS) is 38.3. The van der Waals surface area contributed by atoms with Crippen molar-refractivity contribution in [1.29, 1.82) is 0 Å². The lowest BCUT2D eigenvalue weighted by molar-refractivity contribution is -0.296. The molecule has 1 amide bonds. The number of hydrogen-bond donors (Lipinski definition) is 2. The van der Waals surface area contributed by atoms with Gasteiger partial charge in [-0.05, 0) is 84.7 Å². The number of amides is 1. The summed E-state index contributed by atoms with van der Waals surface area (Å²) in [5.41, 5.74) is -0.520. The van der Waals surface area contributed by atoms with Crippen molar-refractivity contribution in [3.8, 4) is 0 Å². The molecule has 0 radical (unpaired) electrons. The molecule has 0 saturated carbocycles. The van der Waals surface area contributed by atoms with Crippen LogP contribution in [0.4, 0.5) is 0 Å². The average molecular weight is 821 g/mol. The van der Waals surface area contributed by atoms with E-state index in [-0.39, 0.29) is 38.2 Å². The van der Waals surface area contributed by atoms with E-state index in [9.17, 15) is 24.6 Å². The third-order valence-corrected chi connectivity index (χ3v) is 12.3. The number of carbonyl (C=O) groups is 3. The number of carbonyl (C=O) groups excluding carboxylic acids is 3. The van der Waals surface area contributed by atoms with E-state index in [4.69, 9.17) is 23.7 Å². The topological polar surface area (TPSA) is 179 Å². The quantitative estimate of drug-likeness (QED) is 0.224. The molecule has 5 rings (SSSR count). The SMILES string of the molecule is CC[C@H]1OC(=O)[C@H](C)C(=O)[C@H](C)C(O[C@@H]2O[C@H](C)C[C@H](N(C)C)C2O)[C@@]2(C)CC(C)C(=NC(C)=O)C(C)C(OC/C(=C/N=Cc3cnc4ccccc4c3)CO2)[C@]1(C)O. The van der Waals surface area contributed by atoms with Crippen molar-refractivity contribution in [3.05, 3.63) is 53.9 Å². The summed E-state index contributed by atoms with van der Waals surface area (Å²) in [6.07, 6.45) is 0.161. The van der Waals surface area contributed by atoms with E-state index >= 15 is 0 Å². The van der Waals surface area contributed by atoms with Gasteiger partial charge in [-0.2, -0.15) is 0 Å². The maximum Gasteiger partial charge on any atom is 0.316 e. The van der Waals surface area contributed by atoms with Crippen LogP contribution in [0.1, 0.15) is 87.1 Å². The maximum absolute atomic E-state index is 14.5. The summed E-state index contributed by atoms with van der Waals surface area (Å²) in [7, 11) is 3.75. The second-order valence-corrected chi connectivity index (χ2v) is 17.4. The maximum atomic E-state index is 14.5. The molecule has 2 N–H and O–H groups in total. The van der Waals surface area contributed by atoms with Crippen LogP contribution in [0.3, 0.4) is 0 Å². The molecule has 14 heteroatoms. The second kappa shape index (κ2) is 19.3. The molecule has 3 saturated heterocycles. The van der Waals surface area contributed by atoms with Crippen LogP contribution in [0, 0.1) is 23.7 Å². The van der Waals surface area contributed by atoms with Crippen LogP contribution >= 0.6 is 0 Å². The van der Waals surface area contributed by atoms with Gasteiger partial charge in [-0.3, -0.25) is 24.4 Å². The lowest BCUT2D eigenvalue weighted by Crippen LogP contribution is -2.60. The molecule has 3 fully saturated rings. The molecule has 1 aromatic carbocycles. The number of pyridine rings is 1. The lowest BCUT2D eigenvalue weighted by atomic mass is 9.73. The van der Waals surface area contributed by atoms with Crippen LogP contribution in [-0.2, 0) is 38.1 Å². The highest BCUT2D eigenvalue weighted by Crippen LogP contribution is 2.40. The fourth-order valence-electron chi connectivity index (χ4n) is 9.04. The van der Waals surface area contributed by atoms with E-state index in [1.807, 2.05) is 77.0 Å². The van der Waals surface area contributed by atoms with Gasteiger partial charge >= 0.3 is 5.97 Å². The number of esters is 1. The third kappa shape index (κ3) is 10.6. The van der Waals surface area contributed by atoms with Crippen LogP contribution in [0.25, 0.3) is 10.9 Å². The number of ether oxygens (including phenoxy) is 5. The zero-order valence-electron chi connectivity index (χ0n) is 36.5. The Morgan fingerprint density at radius 2 is 1.80 bits per heavy atom. The van der Waals surface area contributed by atoms with Gasteiger partial charge in [0.25, 0.3) is 0 Å². The van der Waals surface area contributed by atoms with Crippen molar-refractivity contribution in [3.63, 3.8) is 0 Å². The molecule has 59 heavy (non-hydrogen) atoms. The smallest absolute Gasteiger partial charge is 0.316 e. The highest BCUT2D eigenvalue weighted by Gasteiger charge is 2.53. The molecule has 4 heterocycles. The monoisotopic (exact) mass is 820 g/mol. The van der Waals surface area contributed by atoms with Crippen molar-refractivity contribution in [2.45, 2.75) is 136 Å². The molecule has 324 valence electrons. The number of likely N-dealkylation sites (N-methyl/N-ethyl adjacent to an activating group) is 1. The fraction of sp³-hybridized carbons (Fsp3) is 0.644. The molecule has 2 aromatic rings. The minimum Gasteiger partial charge on any atom is -0.459 e. The Morgan fingerprint density at radius 1 is 1.08 bits per heavy atom. The number of aliphatic imine (C=N–C) groups is 2. The molecule has 3 aliphatic rings. The van der Waals surface area contributed by atoms with Crippen LogP contribution < -0.4 is 0 Å². The van der Waals surface area contributed by atoms with Gasteiger partial charge in [-0.1, -0.05) is 45.9 Å². The van der Waals surface area contributed by atoms with E-state index < -0.39 is 83.2 Å². The molecular weight excluding hydrogens is 757 g/mol. The van der Waals surface area contributed by atoms with Gasteiger partial charge in [0.1, 0.15) is 23.7 Å². The number of ketones is 1. The standard InChI is InChI=1S/C45H64N4O10/c1-12-36-45(9,54)41-27(4)37(48-30(7)50)25(2)19-44(8,56-24-32(23-55-41)21-46-20-31-18-33-15-13-14-16-34(33)47-22-31)40(28(5)38(51)29(6)42(53)58-36)59-43-39(52)35(49(10)11)17-26(3)57-43/h13-16,18,20-22,25-29,35-36,39-41,43,52,54H,12,17,19,23-24H2,1-11H3/b32-21-,46-20?,48-37?/t25?,26-,27?,28+,29-,35+,36-,39?,40?,41?,43+,44-,45-/m1/s1. The number of rotatable bonds is 6. The van der Waals surface area contributed by atoms with Crippen LogP contribution in [-0.4, -0.2) is 131 Å². The minimum absolute atomic E-state index is 0.0489. The number of benzene rings is 1. The van der Waals surface area contributed by atoms with E-state index in [1.54, 1.807) is 39.4 Å². The van der Waals surface area contributed by atoms with Gasteiger partial charge < -0.3 is 38.8 Å². The van der Waals surface area contributed by atoms with Gasteiger partial charge in [0.05, 0.1) is 42.6 Å². The Labute approximate surface area is 348 Å². The van der Waals surface area contributed by atoms with Crippen molar-refractivity contribution >= 4 is 40.5 Å². The summed E-state index contributed by atoms with van der Waals surface area (Å²) in [5, 5.41) is 25.1. The first kappa shape index (κ1) is 46.3. The predicted molar refractivity (Wildman–Crippen MR) is 224 cm³/mol. The van der Waals surface area contributed by atoms with Crippen LogP contribution in [0.5, 0.6) is 0 Å².